The molecule has 1 amide bonds. The van der Waals surface area contributed by atoms with Gasteiger partial charge in [-0.2, -0.15) is 0 Å². The third-order valence-corrected chi connectivity index (χ3v) is 3.77. The molecule has 0 spiro atoms. The zero-order chi connectivity index (χ0) is 14.7. The molecule has 20 heavy (non-hydrogen) atoms. The molecule has 0 radical (unpaired) electrons. The molecular weight excluding hydrogens is 272 g/mol. The summed E-state index contributed by atoms with van der Waals surface area (Å²) in [5.74, 6) is -0.106. The topological polar surface area (TPSA) is 33.2 Å². The third kappa shape index (κ3) is 2.99. The van der Waals surface area contributed by atoms with Gasteiger partial charge in [-0.05, 0) is 25.5 Å². The van der Waals surface area contributed by atoms with Gasteiger partial charge >= 0.3 is 0 Å². The molecule has 0 aliphatic heterocycles. The van der Waals surface area contributed by atoms with Crippen molar-refractivity contribution in [2.45, 2.75) is 19.9 Å². The van der Waals surface area contributed by atoms with E-state index in [1.54, 1.807) is 24.2 Å². The maximum Gasteiger partial charge on any atom is 0.255 e. The molecule has 2 aromatic rings. The molecule has 3 nitrogen and oxygen atoms in total. The highest BCUT2D eigenvalue weighted by atomic mass is 35.5. The second kappa shape index (κ2) is 6.06. The Kier molecular flexibility index (Phi) is 4.40. The predicted octanol–water partition coefficient (Wildman–Crippen LogP) is 3.88. The third-order valence-electron chi connectivity index (χ3n) is 3.46. The lowest BCUT2D eigenvalue weighted by Gasteiger charge is -2.25. The lowest BCUT2D eigenvalue weighted by atomic mass is 10.0. The number of nitrogens with zero attached hydrogens (tertiary/aromatic N) is 2. The summed E-state index contributed by atoms with van der Waals surface area (Å²) in [6, 6.07) is 9.79. The molecule has 4 heteroatoms. The van der Waals surface area contributed by atoms with E-state index in [4.69, 9.17) is 11.6 Å². The summed E-state index contributed by atoms with van der Waals surface area (Å²) < 4.78 is 0. The van der Waals surface area contributed by atoms with Crippen LogP contribution >= 0.6 is 11.6 Å². The highest BCUT2D eigenvalue weighted by Crippen LogP contribution is 2.23. The van der Waals surface area contributed by atoms with Crippen LogP contribution in [0.4, 0.5) is 0 Å². The fourth-order valence-electron chi connectivity index (χ4n) is 1.98. The first-order chi connectivity index (χ1) is 9.50. The number of benzene rings is 1. The smallest absolute Gasteiger partial charge is 0.255 e. The van der Waals surface area contributed by atoms with Crippen LogP contribution in [0.5, 0.6) is 0 Å². The van der Waals surface area contributed by atoms with Crippen molar-refractivity contribution in [1.29, 1.82) is 0 Å². The Bertz CT molecular complexity index is 610. The van der Waals surface area contributed by atoms with Crippen LogP contribution < -0.4 is 0 Å². The fraction of sp³-hybridized carbons (Fsp3) is 0.250. The van der Waals surface area contributed by atoms with E-state index in [0.717, 1.165) is 5.56 Å². The molecular formula is C16H17ClN2O. The van der Waals surface area contributed by atoms with Crippen molar-refractivity contribution in [2.24, 2.45) is 0 Å². The second-order valence-corrected chi connectivity index (χ2v) is 5.27. The Morgan fingerprint density at radius 1 is 1.25 bits per heavy atom. The van der Waals surface area contributed by atoms with Gasteiger partial charge in [0.1, 0.15) is 0 Å². The van der Waals surface area contributed by atoms with Gasteiger partial charge in [0.2, 0.25) is 0 Å². The Hall–Kier alpha value is -1.87. The van der Waals surface area contributed by atoms with Crippen LogP contribution in [0, 0.1) is 6.92 Å². The number of pyridine rings is 1. The first-order valence-corrected chi connectivity index (χ1v) is 6.81. The number of amides is 1. The first-order valence-electron chi connectivity index (χ1n) is 6.44. The van der Waals surface area contributed by atoms with Crippen LogP contribution in [-0.2, 0) is 0 Å². The molecule has 1 heterocycles. The van der Waals surface area contributed by atoms with Gasteiger partial charge in [-0.1, -0.05) is 41.4 Å². The molecule has 1 atom stereocenters. The number of aryl methyl sites for hydroxylation is 1. The Labute approximate surface area is 124 Å². The molecule has 0 aliphatic rings. The molecule has 1 aromatic carbocycles. The van der Waals surface area contributed by atoms with Gasteiger partial charge in [0.15, 0.2) is 0 Å². The lowest BCUT2D eigenvalue weighted by molar-refractivity contribution is 0.0742. The SMILES string of the molecule is Cc1ccc(C(C)N(C)C(=O)c2ccncc2Cl)cc1. The van der Waals surface area contributed by atoms with Crippen LogP contribution in [0.25, 0.3) is 0 Å². The largest absolute Gasteiger partial charge is 0.335 e. The van der Waals surface area contributed by atoms with Crippen molar-refractivity contribution < 1.29 is 4.79 Å². The molecule has 0 N–H and O–H groups in total. The molecule has 1 unspecified atom stereocenters. The minimum absolute atomic E-state index is 0.0210. The van der Waals surface area contributed by atoms with E-state index in [-0.39, 0.29) is 11.9 Å². The number of rotatable bonds is 3. The highest BCUT2D eigenvalue weighted by molar-refractivity contribution is 6.33. The van der Waals surface area contributed by atoms with Crippen LogP contribution in [-0.4, -0.2) is 22.8 Å². The van der Waals surface area contributed by atoms with Crippen molar-refractivity contribution in [2.75, 3.05) is 7.05 Å². The molecule has 0 fully saturated rings. The zero-order valence-corrected chi connectivity index (χ0v) is 12.6. The Morgan fingerprint density at radius 2 is 1.90 bits per heavy atom. The molecule has 1 aromatic heterocycles. The minimum Gasteiger partial charge on any atom is -0.335 e. The summed E-state index contributed by atoms with van der Waals surface area (Å²) in [6.07, 6.45) is 3.06. The molecule has 0 bridgehead atoms. The van der Waals surface area contributed by atoms with Gasteiger partial charge in [0, 0.05) is 19.4 Å². The van der Waals surface area contributed by atoms with Crippen LogP contribution in [0.1, 0.15) is 34.5 Å². The summed E-state index contributed by atoms with van der Waals surface area (Å²) in [5, 5.41) is 0.375. The maximum atomic E-state index is 12.5. The molecule has 0 saturated heterocycles. The highest BCUT2D eigenvalue weighted by Gasteiger charge is 2.20. The Balaban J connectivity index is 2.22. The molecule has 0 saturated carbocycles. The maximum absolute atomic E-state index is 12.5. The quantitative estimate of drug-likeness (QED) is 0.859. The van der Waals surface area contributed by atoms with Crippen LogP contribution in [0.15, 0.2) is 42.7 Å². The van der Waals surface area contributed by atoms with Crippen molar-refractivity contribution in [1.82, 2.24) is 9.88 Å². The molecule has 0 aliphatic carbocycles. The normalized spacial score (nSPS) is 12.0. The number of carbonyl (C=O) groups excluding carboxylic acids is 1. The summed E-state index contributed by atoms with van der Waals surface area (Å²) in [5.41, 5.74) is 2.77. The van der Waals surface area contributed by atoms with E-state index < -0.39 is 0 Å². The number of carbonyl (C=O) groups is 1. The monoisotopic (exact) mass is 288 g/mol. The zero-order valence-electron chi connectivity index (χ0n) is 11.8. The summed E-state index contributed by atoms with van der Waals surface area (Å²) in [4.78, 5) is 18.0. The standard InChI is InChI=1S/C16H17ClN2O/c1-11-4-6-13(7-5-11)12(2)19(3)16(20)14-8-9-18-10-15(14)17/h4-10,12H,1-3H3. The van der Waals surface area contributed by atoms with Gasteiger partial charge in [0.05, 0.1) is 16.6 Å². The number of halogens is 1. The van der Waals surface area contributed by atoms with Crippen molar-refractivity contribution in [3.8, 4) is 0 Å². The van der Waals surface area contributed by atoms with Crippen molar-refractivity contribution >= 4 is 17.5 Å². The van der Waals surface area contributed by atoms with E-state index in [0.29, 0.717) is 10.6 Å². The summed E-state index contributed by atoms with van der Waals surface area (Å²) >= 11 is 6.02. The molecule has 2 rings (SSSR count). The van der Waals surface area contributed by atoms with Gasteiger partial charge < -0.3 is 4.90 Å². The predicted molar refractivity (Wildman–Crippen MR) is 80.9 cm³/mol. The van der Waals surface area contributed by atoms with Gasteiger partial charge in [-0.25, -0.2) is 0 Å². The number of aromatic nitrogens is 1. The van der Waals surface area contributed by atoms with E-state index in [1.165, 1.54) is 11.8 Å². The second-order valence-electron chi connectivity index (χ2n) is 4.86. The molecule has 104 valence electrons. The van der Waals surface area contributed by atoms with Gasteiger partial charge in [-0.15, -0.1) is 0 Å². The summed E-state index contributed by atoms with van der Waals surface area (Å²) in [7, 11) is 1.78. The van der Waals surface area contributed by atoms with Gasteiger partial charge in [-0.3, -0.25) is 9.78 Å². The summed E-state index contributed by atoms with van der Waals surface area (Å²) in [6.45, 7) is 4.04. The van der Waals surface area contributed by atoms with Crippen LogP contribution in [0.2, 0.25) is 5.02 Å². The van der Waals surface area contributed by atoms with Crippen molar-refractivity contribution in [3.63, 3.8) is 0 Å². The van der Waals surface area contributed by atoms with E-state index >= 15 is 0 Å². The van der Waals surface area contributed by atoms with E-state index in [2.05, 4.69) is 4.98 Å². The van der Waals surface area contributed by atoms with Gasteiger partial charge in [0.25, 0.3) is 5.91 Å². The average molecular weight is 289 g/mol. The average Bonchev–Trinajstić information content (AvgIpc) is 2.46. The Morgan fingerprint density at radius 3 is 2.50 bits per heavy atom. The van der Waals surface area contributed by atoms with Crippen LogP contribution in [0.3, 0.4) is 0 Å². The minimum atomic E-state index is -0.106. The fourth-order valence-corrected chi connectivity index (χ4v) is 2.18. The van der Waals surface area contributed by atoms with Crippen molar-refractivity contribution in [3.05, 3.63) is 64.4 Å². The number of hydrogen-bond acceptors (Lipinski definition) is 2. The first kappa shape index (κ1) is 14.5. The van der Waals surface area contributed by atoms with E-state index in [9.17, 15) is 4.79 Å². The van der Waals surface area contributed by atoms with E-state index in [1.807, 2.05) is 38.1 Å². The lowest BCUT2D eigenvalue weighted by Crippen LogP contribution is -2.29. The number of hydrogen-bond donors (Lipinski definition) is 0.